The molecule has 0 spiro atoms. The summed E-state index contributed by atoms with van der Waals surface area (Å²) in [5, 5.41) is 89.0. The molecule has 2 aliphatic rings. The van der Waals surface area contributed by atoms with E-state index >= 15 is 17.6 Å². The van der Waals surface area contributed by atoms with Gasteiger partial charge in [0.15, 0.2) is 0 Å². The predicted molar refractivity (Wildman–Crippen MR) is 154 cm³/mol. The van der Waals surface area contributed by atoms with Gasteiger partial charge in [0.05, 0.1) is 51.1 Å². The molecule has 0 heterocycles. The van der Waals surface area contributed by atoms with Crippen molar-refractivity contribution in [1.82, 2.24) is 0 Å². The maximum atomic E-state index is 15.5. The van der Waals surface area contributed by atoms with Crippen molar-refractivity contribution in [3.8, 4) is 54.6 Å². The van der Waals surface area contributed by atoms with Gasteiger partial charge < -0.3 is 0 Å². The topological polar surface area (TPSA) is 214 Å². The Labute approximate surface area is 267 Å². The maximum Gasteiger partial charge on any atom is 0.138 e. The molecular formula is C35H5F4N9. The van der Waals surface area contributed by atoms with Crippen LogP contribution in [0.1, 0.15) is 50.1 Å². The maximum absolute atomic E-state index is 15.5. The third-order valence-electron chi connectivity index (χ3n) is 7.49. The molecule has 0 saturated carbocycles. The molecule has 3 aromatic carbocycles. The Kier molecular flexibility index (Phi) is 7.59. The van der Waals surface area contributed by atoms with E-state index in [0.717, 1.165) is 6.07 Å². The van der Waals surface area contributed by atoms with E-state index in [1.54, 1.807) is 54.6 Å². The third-order valence-corrected chi connectivity index (χ3v) is 7.49. The summed E-state index contributed by atoms with van der Waals surface area (Å²) >= 11 is 0. The molecule has 0 atom stereocenters. The van der Waals surface area contributed by atoms with Gasteiger partial charge in [0.2, 0.25) is 0 Å². The lowest BCUT2D eigenvalue weighted by Crippen LogP contribution is -2.02. The molecule has 0 amide bonds. The average molecular weight is 627 g/mol. The molecule has 218 valence electrons. The fourth-order valence-electron chi connectivity index (χ4n) is 5.74. The number of nitrogens with zero attached hydrogens (tertiary/aromatic N) is 9. The lowest BCUT2D eigenvalue weighted by atomic mass is 9.86. The van der Waals surface area contributed by atoms with Crippen molar-refractivity contribution in [2.24, 2.45) is 0 Å². The van der Waals surface area contributed by atoms with E-state index in [1.807, 2.05) is 0 Å². The van der Waals surface area contributed by atoms with Gasteiger partial charge in [-0.25, -0.2) is 17.6 Å². The van der Waals surface area contributed by atoms with Crippen molar-refractivity contribution >= 4 is 33.4 Å². The average Bonchev–Trinajstić information content (AvgIpc) is 3.56. The summed E-state index contributed by atoms with van der Waals surface area (Å²) < 4.78 is 61.9. The van der Waals surface area contributed by atoms with Gasteiger partial charge in [-0.1, -0.05) is 0 Å². The van der Waals surface area contributed by atoms with E-state index in [-0.39, 0.29) is 11.1 Å². The van der Waals surface area contributed by atoms with Gasteiger partial charge in [-0.3, -0.25) is 0 Å². The van der Waals surface area contributed by atoms with Gasteiger partial charge in [0.1, 0.15) is 76.9 Å². The number of hydrogen-bond donors (Lipinski definition) is 0. The molecule has 0 fully saturated rings. The minimum Gasteiger partial charge on any atom is -0.206 e. The number of rotatable bonds is 2. The normalized spacial score (nSPS) is 12.1. The second-order valence-electron chi connectivity index (χ2n) is 9.73. The molecule has 0 N–H and O–H groups in total. The molecule has 0 bridgehead atoms. The molecule has 0 unspecified atom stereocenters. The molecule has 2 aliphatic carbocycles. The van der Waals surface area contributed by atoms with Crippen LogP contribution in [-0.4, -0.2) is 0 Å². The van der Waals surface area contributed by atoms with E-state index in [9.17, 15) is 36.8 Å². The first-order valence-corrected chi connectivity index (χ1v) is 12.9. The second kappa shape index (κ2) is 11.7. The molecule has 0 radical (unpaired) electrons. The van der Waals surface area contributed by atoms with Crippen molar-refractivity contribution in [3.05, 3.63) is 115 Å². The number of benzene rings is 3. The monoisotopic (exact) mass is 627 g/mol. The van der Waals surface area contributed by atoms with Crippen molar-refractivity contribution in [1.29, 1.82) is 47.4 Å². The Bertz CT molecular complexity index is 2570. The first-order chi connectivity index (χ1) is 23.1. The summed E-state index contributed by atoms with van der Waals surface area (Å²) in [6.45, 7) is 0. The van der Waals surface area contributed by atoms with Crippen LogP contribution in [0.5, 0.6) is 0 Å². The van der Waals surface area contributed by atoms with Gasteiger partial charge in [0.25, 0.3) is 0 Å². The summed E-state index contributed by atoms with van der Waals surface area (Å²) in [7, 11) is 0. The van der Waals surface area contributed by atoms with Gasteiger partial charge in [-0.15, -0.1) is 0 Å². The number of allylic oxidation sites excluding steroid dienone is 8. The molecule has 9 nitrogen and oxygen atoms in total. The smallest absolute Gasteiger partial charge is 0.138 e. The highest BCUT2D eigenvalue weighted by atomic mass is 19.1. The first-order valence-electron chi connectivity index (χ1n) is 12.9. The predicted octanol–water partition coefficient (Wildman–Crippen LogP) is 6.36. The molecule has 0 aliphatic heterocycles. The Morgan fingerprint density at radius 1 is 0.417 bits per heavy atom. The molecule has 48 heavy (non-hydrogen) atoms. The third kappa shape index (κ3) is 4.23. The van der Waals surface area contributed by atoms with E-state index in [0.29, 0.717) is 24.3 Å². The first kappa shape index (κ1) is 31.2. The zero-order chi connectivity index (χ0) is 35.0. The molecule has 13 heteroatoms. The van der Waals surface area contributed by atoms with Crippen molar-refractivity contribution in [3.63, 3.8) is 0 Å². The fraction of sp³-hybridized carbons (Fsp3) is 0. The zero-order valence-electron chi connectivity index (χ0n) is 23.4. The van der Waals surface area contributed by atoms with Crippen molar-refractivity contribution in [2.45, 2.75) is 0 Å². The number of nitriles is 9. The Balaban J connectivity index is 2.06. The minimum absolute atomic E-state index is 0.331. The summed E-state index contributed by atoms with van der Waals surface area (Å²) in [5.74, 6) is -5.48. The van der Waals surface area contributed by atoms with Crippen LogP contribution >= 0.6 is 0 Å². The van der Waals surface area contributed by atoms with Crippen LogP contribution in [0.2, 0.25) is 0 Å². The van der Waals surface area contributed by atoms with E-state index < -0.39 is 107 Å². The summed E-state index contributed by atoms with van der Waals surface area (Å²) in [5.41, 5.74) is -10.2. The Morgan fingerprint density at radius 3 is 1.21 bits per heavy atom. The van der Waals surface area contributed by atoms with Crippen LogP contribution < -0.4 is 0 Å². The van der Waals surface area contributed by atoms with E-state index in [4.69, 9.17) is 10.5 Å². The molecule has 0 aromatic heterocycles. The van der Waals surface area contributed by atoms with Crippen LogP contribution in [0.3, 0.4) is 0 Å². The van der Waals surface area contributed by atoms with Gasteiger partial charge >= 0.3 is 0 Å². The highest BCUT2D eigenvalue weighted by Gasteiger charge is 2.42. The SMILES string of the molecule is N#CC(C#N)=C1C(c2c(F)cc(C#N)cc2F)=C(C#N)c2c1cc1c(c2C#N)C(=C(C#N)C#N)C(c2c(F)cc(C#N)cc2F)=C1C#N. The van der Waals surface area contributed by atoms with Gasteiger partial charge in [-0.05, 0) is 35.9 Å². The molecule has 5 rings (SSSR count). The number of halogens is 4. The number of hydrogen-bond acceptors (Lipinski definition) is 9. The quantitative estimate of drug-likeness (QED) is 0.228. The van der Waals surface area contributed by atoms with Crippen LogP contribution in [0.4, 0.5) is 17.6 Å². The van der Waals surface area contributed by atoms with Crippen LogP contribution in [-0.2, 0) is 0 Å². The molecular weight excluding hydrogens is 622 g/mol. The van der Waals surface area contributed by atoms with E-state index in [1.165, 1.54) is 0 Å². The minimum atomic E-state index is -1.37. The zero-order valence-corrected chi connectivity index (χ0v) is 23.4. The lowest BCUT2D eigenvalue weighted by Gasteiger charge is -2.14. The van der Waals surface area contributed by atoms with Crippen LogP contribution in [0.15, 0.2) is 41.5 Å². The van der Waals surface area contributed by atoms with E-state index in [2.05, 4.69) is 0 Å². The standard InChI is InChI=1S/C35H5F4N9/c36-24-1-15(6-40)2-25(37)34(24)32-21(12-46)19-5-20-28(17(8-42)9-43)33(35-26(38)3-16(7-41)4-27(35)39)23(14-48)30(20)22(13-47)31(19)29(32)18(10-44)11-45/h1-5H. The fourth-order valence-corrected chi connectivity index (χ4v) is 5.74. The highest BCUT2D eigenvalue weighted by molar-refractivity contribution is 6.31. The number of fused-ring (bicyclic) bond motifs is 2. The summed E-state index contributed by atoms with van der Waals surface area (Å²) in [6, 6.07) is 18.2. The Hall–Kier alpha value is -8.25. The lowest BCUT2D eigenvalue weighted by molar-refractivity contribution is 0.576. The van der Waals surface area contributed by atoms with Crippen molar-refractivity contribution in [2.75, 3.05) is 0 Å². The highest BCUT2D eigenvalue weighted by Crippen LogP contribution is 2.57. The van der Waals surface area contributed by atoms with Gasteiger partial charge in [0, 0.05) is 39.0 Å². The summed E-state index contributed by atoms with van der Waals surface area (Å²) in [4.78, 5) is 0. The van der Waals surface area contributed by atoms with Crippen LogP contribution in [0, 0.1) is 125 Å². The molecule has 0 saturated heterocycles. The van der Waals surface area contributed by atoms with Gasteiger partial charge in [-0.2, -0.15) is 47.4 Å². The molecule has 3 aromatic rings. The van der Waals surface area contributed by atoms with Crippen molar-refractivity contribution < 1.29 is 17.6 Å². The summed E-state index contributed by atoms with van der Waals surface area (Å²) in [6.07, 6.45) is 0. The largest absolute Gasteiger partial charge is 0.206 e. The second-order valence-corrected chi connectivity index (χ2v) is 9.73. The Morgan fingerprint density at radius 2 is 0.833 bits per heavy atom. The van der Waals surface area contributed by atoms with Crippen LogP contribution in [0.25, 0.3) is 33.4 Å².